The lowest BCUT2D eigenvalue weighted by atomic mass is 10.1. The molecule has 1 atom stereocenters. The molecule has 32 heavy (non-hydrogen) atoms. The molecule has 1 unspecified atom stereocenters. The van der Waals surface area contributed by atoms with Gasteiger partial charge >= 0.3 is 0 Å². The fourth-order valence-electron chi connectivity index (χ4n) is 3.25. The minimum atomic E-state index is -0.754. The number of aromatic nitrogens is 3. The monoisotopic (exact) mass is 444 g/mol. The van der Waals surface area contributed by atoms with Gasteiger partial charge in [-0.1, -0.05) is 13.8 Å². The van der Waals surface area contributed by atoms with Crippen molar-refractivity contribution in [1.29, 1.82) is 0 Å². The van der Waals surface area contributed by atoms with Crippen LogP contribution in [-0.2, 0) is 11.3 Å². The first-order valence-corrected chi connectivity index (χ1v) is 10.7. The Morgan fingerprint density at radius 3 is 2.38 bits per heavy atom. The molecule has 6 nitrogen and oxygen atoms in total. The summed E-state index contributed by atoms with van der Waals surface area (Å²) < 4.78 is 40.8. The highest BCUT2D eigenvalue weighted by molar-refractivity contribution is 5.60. The third-order valence-electron chi connectivity index (χ3n) is 5.00. The number of ether oxygens (including phenoxy) is 2. The topological polar surface area (TPSA) is 52.4 Å². The Labute approximate surface area is 187 Å². The van der Waals surface area contributed by atoms with Crippen LogP contribution < -0.4 is 9.64 Å². The first kappa shape index (κ1) is 23.7. The molecule has 0 aliphatic carbocycles. The van der Waals surface area contributed by atoms with Crippen molar-refractivity contribution >= 4 is 5.69 Å². The molecule has 2 aromatic carbocycles. The fourth-order valence-corrected chi connectivity index (χ4v) is 3.25. The number of hydrogen-bond acceptors (Lipinski definition) is 5. The number of nitrogens with zero attached hydrogens (tertiary/aromatic N) is 4. The summed E-state index contributed by atoms with van der Waals surface area (Å²) in [6.45, 7) is 7.37. The van der Waals surface area contributed by atoms with E-state index in [1.165, 1.54) is 12.1 Å². The molecule has 0 aliphatic heterocycles. The van der Waals surface area contributed by atoms with Gasteiger partial charge in [-0.15, -0.1) is 0 Å². The van der Waals surface area contributed by atoms with Crippen LogP contribution in [0.25, 0.3) is 11.4 Å². The third-order valence-corrected chi connectivity index (χ3v) is 5.00. The Bertz CT molecular complexity index is 1020. The van der Waals surface area contributed by atoms with Crippen molar-refractivity contribution in [3.05, 3.63) is 59.9 Å². The number of benzene rings is 2. The van der Waals surface area contributed by atoms with Gasteiger partial charge in [-0.25, -0.2) is 18.4 Å². The van der Waals surface area contributed by atoms with Gasteiger partial charge in [0.15, 0.2) is 29.3 Å². The third kappa shape index (κ3) is 5.62. The number of hydrogen-bond donors (Lipinski definition) is 0. The summed E-state index contributed by atoms with van der Waals surface area (Å²) in [4.78, 5) is 6.78. The molecule has 3 aromatic rings. The summed E-state index contributed by atoms with van der Waals surface area (Å²) in [7, 11) is 3.96. The van der Waals surface area contributed by atoms with E-state index < -0.39 is 17.7 Å². The molecular formula is C24H30F2N4O2. The molecule has 0 fully saturated rings. The Hall–Kier alpha value is -3.00. The molecule has 1 aromatic heterocycles. The minimum absolute atomic E-state index is 0.0265. The highest BCUT2D eigenvalue weighted by atomic mass is 19.1. The Balaban J connectivity index is 1.98. The lowest BCUT2D eigenvalue weighted by molar-refractivity contribution is 0.116. The first-order valence-electron chi connectivity index (χ1n) is 10.7. The molecule has 0 bridgehead atoms. The quantitative estimate of drug-likeness (QED) is 0.407. The van der Waals surface area contributed by atoms with Gasteiger partial charge in [-0.05, 0) is 49.2 Å². The predicted octanol–water partition coefficient (Wildman–Crippen LogP) is 5.10. The van der Waals surface area contributed by atoms with Gasteiger partial charge in [-0.2, -0.15) is 5.10 Å². The van der Waals surface area contributed by atoms with Gasteiger partial charge in [-0.3, -0.25) is 0 Å². The Morgan fingerprint density at radius 2 is 1.78 bits per heavy atom. The molecule has 3 rings (SSSR count). The maximum atomic E-state index is 14.3. The van der Waals surface area contributed by atoms with E-state index in [-0.39, 0.29) is 11.7 Å². The second-order valence-electron chi connectivity index (χ2n) is 8.01. The van der Waals surface area contributed by atoms with E-state index in [0.29, 0.717) is 31.4 Å². The van der Waals surface area contributed by atoms with Crippen LogP contribution in [0.2, 0.25) is 0 Å². The average Bonchev–Trinajstić information content (AvgIpc) is 3.17. The van der Waals surface area contributed by atoms with Crippen LogP contribution in [0.1, 0.15) is 32.7 Å². The smallest absolute Gasteiger partial charge is 0.181 e. The molecule has 0 amide bonds. The lowest BCUT2D eigenvalue weighted by Gasteiger charge is -2.22. The molecule has 0 radical (unpaired) electrons. The zero-order valence-electron chi connectivity index (χ0n) is 19.2. The molecule has 0 aliphatic rings. The molecular weight excluding hydrogens is 414 g/mol. The summed E-state index contributed by atoms with van der Waals surface area (Å²) in [5, 5.41) is 4.69. The van der Waals surface area contributed by atoms with Crippen LogP contribution in [0.5, 0.6) is 5.75 Å². The lowest BCUT2D eigenvalue weighted by Crippen LogP contribution is -2.22. The molecule has 0 saturated heterocycles. The summed E-state index contributed by atoms with van der Waals surface area (Å²) in [5.74, 6) is -0.361. The maximum Gasteiger partial charge on any atom is 0.181 e. The Kier molecular flexibility index (Phi) is 7.80. The van der Waals surface area contributed by atoms with Crippen LogP contribution in [-0.4, -0.2) is 42.1 Å². The summed E-state index contributed by atoms with van der Waals surface area (Å²) >= 11 is 0. The van der Waals surface area contributed by atoms with Gasteiger partial charge in [0.1, 0.15) is 5.82 Å². The van der Waals surface area contributed by atoms with E-state index in [9.17, 15) is 8.78 Å². The fraction of sp³-hybridized carbons (Fsp3) is 0.417. The van der Waals surface area contributed by atoms with E-state index in [4.69, 9.17) is 14.5 Å². The second kappa shape index (κ2) is 10.5. The molecule has 1 heterocycles. The van der Waals surface area contributed by atoms with Gasteiger partial charge in [0, 0.05) is 38.0 Å². The minimum Gasteiger partial charge on any atom is -0.479 e. The molecule has 172 valence electrons. The zero-order chi connectivity index (χ0) is 23.3. The van der Waals surface area contributed by atoms with E-state index in [1.54, 1.807) is 4.68 Å². The van der Waals surface area contributed by atoms with Crippen LogP contribution in [0.4, 0.5) is 14.5 Å². The number of rotatable bonds is 10. The van der Waals surface area contributed by atoms with Crippen LogP contribution >= 0.6 is 0 Å². The van der Waals surface area contributed by atoms with E-state index >= 15 is 0 Å². The van der Waals surface area contributed by atoms with Crippen molar-refractivity contribution in [2.45, 2.75) is 33.4 Å². The second-order valence-corrected chi connectivity index (χ2v) is 8.01. The van der Waals surface area contributed by atoms with E-state index in [2.05, 4.69) is 5.10 Å². The van der Waals surface area contributed by atoms with E-state index in [1.807, 2.05) is 64.0 Å². The normalized spacial score (nSPS) is 12.2. The highest BCUT2D eigenvalue weighted by Crippen LogP contribution is 2.31. The summed E-state index contributed by atoms with van der Waals surface area (Å²) in [6.07, 6.45) is -0.584. The van der Waals surface area contributed by atoms with Crippen molar-refractivity contribution in [2.75, 3.05) is 32.2 Å². The van der Waals surface area contributed by atoms with Crippen molar-refractivity contribution < 1.29 is 18.3 Å². The van der Waals surface area contributed by atoms with Gasteiger partial charge in [0.25, 0.3) is 0 Å². The average molecular weight is 445 g/mol. The number of anilines is 1. The maximum absolute atomic E-state index is 14.3. The molecule has 8 heteroatoms. The standard InChI is InChI=1S/C24H30F2N4O2/c1-6-31-14-13-30-24(22(16(2)3)32-21-12-9-18(25)15-20(21)26)27-23(28-30)17-7-10-19(11-8-17)29(4)5/h7-12,15-16,22H,6,13-14H2,1-5H3. The molecule has 0 saturated carbocycles. The summed E-state index contributed by atoms with van der Waals surface area (Å²) in [5.41, 5.74) is 1.93. The largest absolute Gasteiger partial charge is 0.479 e. The van der Waals surface area contributed by atoms with Gasteiger partial charge in [0.2, 0.25) is 0 Å². The van der Waals surface area contributed by atoms with Crippen molar-refractivity contribution in [3.8, 4) is 17.1 Å². The van der Waals surface area contributed by atoms with Crippen LogP contribution in [0, 0.1) is 17.6 Å². The number of halogens is 2. The van der Waals surface area contributed by atoms with Crippen molar-refractivity contribution in [3.63, 3.8) is 0 Å². The molecule has 0 N–H and O–H groups in total. The van der Waals surface area contributed by atoms with E-state index in [0.717, 1.165) is 17.3 Å². The van der Waals surface area contributed by atoms with Crippen molar-refractivity contribution in [2.24, 2.45) is 5.92 Å². The van der Waals surface area contributed by atoms with Crippen LogP contribution in [0.3, 0.4) is 0 Å². The first-order chi connectivity index (χ1) is 15.3. The van der Waals surface area contributed by atoms with Crippen molar-refractivity contribution in [1.82, 2.24) is 14.8 Å². The summed E-state index contributed by atoms with van der Waals surface area (Å²) in [6, 6.07) is 11.2. The SMILES string of the molecule is CCOCCn1nc(-c2ccc(N(C)C)cc2)nc1C(Oc1ccc(F)cc1F)C(C)C. The van der Waals surface area contributed by atoms with Gasteiger partial charge in [0.05, 0.1) is 13.2 Å². The predicted molar refractivity (Wildman–Crippen MR) is 121 cm³/mol. The van der Waals surface area contributed by atoms with Crippen LogP contribution in [0.15, 0.2) is 42.5 Å². The Morgan fingerprint density at radius 1 is 1.06 bits per heavy atom. The van der Waals surface area contributed by atoms with Gasteiger partial charge < -0.3 is 14.4 Å². The zero-order valence-corrected chi connectivity index (χ0v) is 19.2. The molecule has 0 spiro atoms. The highest BCUT2D eigenvalue weighted by Gasteiger charge is 2.27.